The molecule has 1 aliphatic heterocycles. The van der Waals surface area contributed by atoms with Crippen molar-refractivity contribution in [2.24, 2.45) is 0 Å². The third-order valence-corrected chi connectivity index (χ3v) is 3.89. The molecule has 0 aromatic carbocycles. The zero-order chi connectivity index (χ0) is 14.5. The Labute approximate surface area is 122 Å². The first-order valence-electron chi connectivity index (χ1n) is 7.64. The van der Waals surface area contributed by atoms with E-state index in [4.69, 9.17) is 9.72 Å². The van der Waals surface area contributed by atoms with Crippen molar-refractivity contribution >= 4 is 5.82 Å². The summed E-state index contributed by atoms with van der Waals surface area (Å²) in [5.41, 5.74) is 3.73. The van der Waals surface area contributed by atoms with Crippen LogP contribution < -0.4 is 10.2 Å². The molecule has 0 spiro atoms. The Morgan fingerprint density at radius 1 is 1.45 bits per heavy atom. The van der Waals surface area contributed by atoms with Crippen LogP contribution in [0.5, 0.6) is 0 Å². The first-order valence-corrected chi connectivity index (χ1v) is 7.64. The molecule has 1 aromatic rings. The fourth-order valence-electron chi connectivity index (χ4n) is 3.00. The van der Waals surface area contributed by atoms with Crippen LogP contribution in [0.2, 0.25) is 0 Å². The van der Waals surface area contributed by atoms with Crippen molar-refractivity contribution in [1.82, 2.24) is 10.3 Å². The Hall–Kier alpha value is -1.13. The lowest BCUT2D eigenvalue weighted by molar-refractivity contribution is 0.0524. The highest BCUT2D eigenvalue weighted by atomic mass is 16.5. The number of ether oxygens (including phenoxy) is 1. The van der Waals surface area contributed by atoms with E-state index in [1.807, 2.05) is 7.05 Å². The van der Waals surface area contributed by atoms with Crippen LogP contribution in [0.15, 0.2) is 6.07 Å². The van der Waals surface area contributed by atoms with Crippen LogP contribution in [0.3, 0.4) is 0 Å². The van der Waals surface area contributed by atoms with Crippen molar-refractivity contribution in [2.45, 2.75) is 46.3 Å². The summed E-state index contributed by atoms with van der Waals surface area (Å²) < 4.78 is 5.81. The smallest absolute Gasteiger partial charge is 0.133 e. The van der Waals surface area contributed by atoms with E-state index in [1.165, 1.54) is 17.5 Å². The number of aryl methyl sites for hydroxylation is 2. The number of rotatable bonds is 5. The molecule has 0 amide bonds. The third-order valence-electron chi connectivity index (χ3n) is 3.89. The van der Waals surface area contributed by atoms with Gasteiger partial charge in [0, 0.05) is 37.5 Å². The molecule has 0 bridgehead atoms. The number of hydrogen-bond acceptors (Lipinski definition) is 4. The average Bonchev–Trinajstić information content (AvgIpc) is 2.42. The van der Waals surface area contributed by atoms with Gasteiger partial charge in [-0.1, -0.05) is 0 Å². The zero-order valence-corrected chi connectivity index (χ0v) is 13.2. The Kier molecular flexibility index (Phi) is 5.38. The van der Waals surface area contributed by atoms with Gasteiger partial charge < -0.3 is 15.0 Å². The van der Waals surface area contributed by atoms with E-state index >= 15 is 0 Å². The number of nitrogens with one attached hydrogen (secondary N) is 1. The van der Waals surface area contributed by atoms with Crippen LogP contribution in [0, 0.1) is 13.8 Å². The van der Waals surface area contributed by atoms with Gasteiger partial charge in [0.2, 0.25) is 0 Å². The first-order chi connectivity index (χ1) is 9.65. The lowest BCUT2D eigenvalue weighted by Gasteiger charge is -2.35. The Balaban J connectivity index is 2.26. The molecule has 1 aliphatic rings. The number of pyridine rings is 1. The molecule has 112 valence electrons. The normalized spacial score (nSPS) is 19.4. The largest absolute Gasteiger partial charge is 0.377 e. The standard InChI is InChI=1S/C16H27N3O/c1-5-20-14-7-6-8-19(11-14)16-15(10-17-4)12(2)9-13(3)18-16/h9,14,17H,5-8,10-11H2,1-4H3. The van der Waals surface area contributed by atoms with Gasteiger partial charge in [0.15, 0.2) is 0 Å². The van der Waals surface area contributed by atoms with Crippen LogP contribution in [0.1, 0.15) is 36.6 Å². The number of piperidine rings is 1. The highest BCUT2D eigenvalue weighted by Crippen LogP contribution is 2.26. The predicted octanol–water partition coefficient (Wildman–Crippen LogP) is 2.42. The van der Waals surface area contributed by atoms with Crippen molar-refractivity contribution in [3.63, 3.8) is 0 Å². The van der Waals surface area contributed by atoms with Gasteiger partial charge in [0.05, 0.1) is 6.10 Å². The molecule has 1 N–H and O–H groups in total. The second-order valence-corrected chi connectivity index (χ2v) is 5.58. The highest BCUT2D eigenvalue weighted by molar-refractivity contribution is 5.52. The van der Waals surface area contributed by atoms with E-state index in [2.05, 4.69) is 37.1 Å². The summed E-state index contributed by atoms with van der Waals surface area (Å²) in [6.07, 6.45) is 2.69. The summed E-state index contributed by atoms with van der Waals surface area (Å²) in [5.74, 6) is 1.14. The molecule has 1 fully saturated rings. The second kappa shape index (κ2) is 7.04. The molecular formula is C16H27N3O. The van der Waals surface area contributed by atoms with E-state index < -0.39 is 0 Å². The van der Waals surface area contributed by atoms with Gasteiger partial charge in [0.25, 0.3) is 0 Å². The molecule has 4 heteroatoms. The van der Waals surface area contributed by atoms with Crippen LogP contribution in [-0.4, -0.2) is 37.8 Å². The lowest BCUT2D eigenvalue weighted by Crippen LogP contribution is -2.41. The van der Waals surface area contributed by atoms with Crippen LogP contribution in [0.25, 0.3) is 0 Å². The molecule has 0 aliphatic carbocycles. The molecule has 2 heterocycles. The van der Waals surface area contributed by atoms with Crippen LogP contribution in [0.4, 0.5) is 5.82 Å². The number of anilines is 1. The topological polar surface area (TPSA) is 37.4 Å². The first kappa shape index (κ1) is 15.3. The monoisotopic (exact) mass is 277 g/mol. The predicted molar refractivity (Wildman–Crippen MR) is 83.3 cm³/mol. The van der Waals surface area contributed by atoms with Crippen molar-refractivity contribution in [3.05, 3.63) is 22.9 Å². The maximum atomic E-state index is 5.81. The van der Waals surface area contributed by atoms with Crippen molar-refractivity contribution in [1.29, 1.82) is 0 Å². The zero-order valence-electron chi connectivity index (χ0n) is 13.2. The summed E-state index contributed by atoms with van der Waals surface area (Å²) in [6.45, 7) is 10.0. The average molecular weight is 277 g/mol. The maximum Gasteiger partial charge on any atom is 0.133 e. The quantitative estimate of drug-likeness (QED) is 0.897. The minimum Gasteiger partial charge on any atom is -0.377 e. The minimum absolute atomic E-state index is 0.346. The van der Waals surface area contributed by atoms with E-state index in [0.717, 1.165) is 44.2 Å². The molecule has 1 saturated heterocycles. The number of aromatic nitrogens is 1. The van der Waals surface area contributed by atoms with E-state index in [9.17, 15) is 0 Å². The fraction of sp³-hybridized carbons (Fsp3) is 0.688. The van der Waals surface area contributed by atoms with E-state index in [1.54, 1.807) is 0 Å². The van der Waals surface area contributed by atoms with Gasteiger partial charge in [-0.2, -0.15) is 0 Å². The van der Waals surface area contributed by atoms with Gasteiger partial charge >= 0.3 is 0 Å². The van der Waals surface area contributed by atoms with Crippen molar-refractivity contribution in [3.8, 4) is 0 Å². The van der Waals surface area contributed by atoms with Crippen molar-refractivity contribution < 1.29 is 4.74 Å². The van der Waals surface area contributed by atoms with Crippen LogP contribution >= 0.6 is 0 Å². The van der Waals surface area contributed by atoms with Gasteiger partial charge in [-0.3, -0.25) is 0 Å². The third kappa shape index (κ3) is 3.49. The number of nitrogens with zero attached hydrogens (tertiary/aromatic N) is 2. The molecule has 4 nitrogen and oxygen atoms in total. The van der Waals surface area contributed by atoms with Gasteiger partial charge in [-0.05, 0) is 52.3 Å². The van der Waals surface area contributed by atoms with Crippen molar-refractivity contribution in [2.75, 3.05) is 31.6 Å². The van der Waals surface area contributed by atoms with Gasteiger partial charge in [-0.15, -0.1) is 0 Å². The molecule has 2 rings (SSSR count). The molecule has 0 radical (unpaired) electrons. The van der Waals surface area contributed by atoms with E-state index in [-0.39, 0.29) is 0 Å². The Bertz CT molecular complexity index is 446. The SMILES string of the molecule is CCOC1CCCN(c2nc(C)cc(C)c2CNC)C1. The summed E-state index contributed by atoms with van der Waals surface area (Å²) in [6, 6.07) is 2.17. The fourth-order valence-corrected chi connectivity index (χ4v) is 3.00. The number of hydrogen-bond donors (Lipinski definition) is 1. The highest BCUT2D eigenvalue weighted by Gasteiger charge is 2.23. The minimum atomic E-state index is 0.346. The summed E-state index contributed by atoms with van der Waals surface area (Å²) in [4.78, 5) is 7.20. The Morgan fingerprint density at radius 3 is 2.95 bits per heavy atom. The molecule has 0 saturated carbocycles. The maximum absolute atomic E-state index is 5.81. The summed E-state index contributed by atoms with van der Waals surface area (Å²) in [5, 5.41) is 3.26. The molecular weight excluding hydrogens is 250 g/mol. The summed E-state index contributed by atoms with van der Waals surface area (Å²) in [7, 11) is 1.99. The van der Waals surface area contributed by atoms with Crippen LogP contribution in [-0.2, 0) is 11.3 Å². The van der Waals surface area contributed by atoms with E-state index in [0.29, 0.717) is 6.10 Å². The Morgan fingerprint density at radius 2 is 2.25 bits per heavy atom. The van der Waals surface area contributed by atoms with Gasteiger partial charge in [0.1, 0.15) is 5.82 Å². The molecule has 1 atom stereocenters. The molecule has 1 unspecified atom stereocenters. The van der Waals surface area contributed by atoms with Gasteiger partial charge in [-0.25, -0.2) is 4.98 Å². The summed E-state index contributed by atoms with van der Waals surface area (Å²) >= 11 is 0. The molecule has 1 aromatic heterocycles. The lowest BCUT2D eigenvalue weighted by atomic mass is 10.0. The second-order valence-electron chi connectivity index (χ2n) is 5.58. The molecule has 20 heavy (non-hydrogen) atoms.